The Kier molecular flexibility index (Phi) is 6.68. The van der Waals surface area contributed by atoms with Crippen LogP contribution in [0.2, 0.25) is 5.02 Å². The summed E-state index contributed by atoms with van der Waals surface area (Å²) in [5, 5.41) is 0.720. The third-order valence-corrected chi connectivity index (χ3v) is 4.91. The molecule has 5 heteroatoms. The summed E-state index contributed by atoms with van der Waals surface area (Å²) in [7, 11) is 0. The molecule has 0 saturated carbocycles. The Labute approximate surface area is 157 Å². The van der Waals surface area contributed by atoms with Gasteiger partial charge in [0.2, 0.25) is 0 Å². The molecule has 0 amide bonds. The highest BCUT2D eigenvalue weighted by atomic mass is 35.5. The van der Waals surface area contributed by atoms with Crippen LogP contribution in [0.4, 0.5) is 0 Å². The van der Waals surface area contributed by atoms with Crippen molar-refractivity contribution in [1.82, 2.24) is 0 Å². The first-order chi connectivity index (χ1) is 11.8. The number of rotatable bonds is 6. The Morgan fingerprint density at radius 2 is 1.60 bits per heavy atom. The van der Waals surface area contributed by atoms with E-state index in [-0.39, 0.29) is 12.4 Å². The predicted molar refractivity (Wildman–Crippen MR) is 102 cm³/mol. The van der Waals surface area contributed by atoms with E-state index in [0.29, 0.717) is 5.56 Å². The Bertz CT molecular complexity index is 731. The summed E-state index contributed by atoms with van der Waals surface area (Å²) in [5.74, 6) is 0.214. The average molecular weight is 377 g/mol. The van der Waals surface area contributed by atoms with Gasteiger partial charge in [0.25, 0.3) is 0 Å². The highest BCUT2D eigenvalue weighted by molar-refractivity contribution is 7.98. The topological polar surface area (TPSA) is 43.4 Å². The number of ether oxygens (including phenoxy) is 1. The molecule has 0 radical (unpaired) electrons. The highest BCUT2D eigenvalue weighted by Gasteiger charge is 2.22. The second-order valence-corrected chi connectivity index (χ2v) is 8.17. The number of benzene rings is 2. The molecule has 0 aliphatic heterocycles. The lowest BCUT2D eigenvalue weighted by Gasteiger charge is -2.16. The Morgan fingerprint density at radius 3 is 2.16 bits per heavy atom. The Balaban J connectivity index is 1.87. The van der Waals surface area contributed by atoms with E-state index in [1.54, 1.807) is 44.7 Å². The number of Topliss-reactive ketones (excluding diaryl/α,β-unsaturated/α-hetero) is 1. The van der Waals surface area contributed by atoms with E-state index >= 15 is 0 Å². The number of ketones is 1. The van der Waals surface area contributed by atoms with E-state index in [4.69, 9.17) is 16.3 Å². The maximum absolute atomic E-state index is 12.0. The fraction of sp³-hybridized carbons (Fsp3) is 0.300. The molecule has 3 nitrogen and oxygen atoms in total. The third kappa shape index (κ3) is 6.22. The van der Waals surface area contributed by atoms with Gasteiger partial charge in [-0.2, -0.15) is 0 Å². The molecule has 0 unspecified atom stereocenters. The van der Waals surface area contributed by atoms with E-state index in [1.807, 2.05) is 36.4 Å². The van der Waals surface area contributed by atoms with Crippen LogP contribution in [-0.2, 0) is 15.3 Å². The second kappa shape index (κ2) is 8.54. The van der Waals surface area contributed by atoms with E-state index < -0.39 is 11.4 Å². The fourth-order valence-electron chi connectivity index (χ4n) is 1.87. The van der Waals surface area contributed by atoms with Crippen LogP contribution in [-0.4, -0.2) is 18.4 Å². The number of thioether (sulfide) groups is 1. The lowest BCUT2D eigenvalue weighted by atomic mass is 9.91. The summed E-state index contributed by atoms with van der Waals surface area (Å²) >= 11 is 7.57. The number of hydrogen-bond donors (Lipinski definition) is 0. The minimum atomic E-state index is -0.511. The van der Waals surface area contributed by atoms with Crippen LogP contribution in [0.15, 0.2) is 53.4 Å². The second-order valence-electron chi connectivity index (χ2n) is 6.69. The summed E-state index contributed by atoms with van der Waals surface area (Å²) in [6, 6.07) is 14.9. The third-order valence-electron chi connectivity index (χ3n) is 3.58. The summed E-state index contributed by atoms with van der Waals surface area (Å²) in [4.78, 5) is 24.9. The molecule has 132 valence electrons. The quantitative estimate of drug-likeness (QED) is 0.499. The van der Waals surface area contributed by atoms with Crippen molar-refractivity contribution >= 4 is 35.1 Å². The molecule has 0 saturated heterocycles. The standard InChI is InChI=1S/C20H21ClO3S/c1-20(2,3)18(22)12-24-19(23)15-6-4-14(5-7-15)13-25-17-10-8-16(21)9-11-17/h4-11H,12-13H2,1-3H3. The molecule has 0 N–H and O–H groups in total. The summed E-state index contributed by atoms with van der Waals surface area (Å²) in [6.45, 7) is 5.21. The van der Waals surface area contributed by atoms with Crippen molar-refractivity contribution < 1.29 is 14.3 Å². The van der Waals surface area contributed by atoms with Crippen molar-refractivity contribution in [1.29, 1.82) is 0 Å². The Morgan fingerprint density at radius 1 is 1.00 bits per heavy atom. The van der Waals surface area contributed by atoms with Crippen LogP contribution in [0.5, 0.6) is 0 Å². The van der Waals surface area contributed by atoms with Gasteiger partial charge in [0.1, 0.15) is 0 Å². The van der Waals surface area contributed by atoms with E-state index in [0.717, 1.165) is 21.2 Å². The van der Waals surface area contributed by atoms with Crippen LogP contribution in [0.3, 0.4) is 0 Å². The molecule has 0 aromatic heterocycles. The molecule has 0 aliphatic rings. The molecule has 0 fully saturated rings. The Hall–Kier alpha value is -1.78. The van der Waals surface area contributed by atoms with Crippen LogP contribution in [0.25, 0.3) is 0 Å². The van der Waals surface area contributed by atoms with Gasteiger partial charge >= 0.3 is 5.97 Å². The van der Waals surface area contributed by atoms with Crippen LogP contribution < -0.4 is 0 Å². The summed E-state index contributed by atoms with van der Waals surface area (Å²) < 4.78 is 5.09. The van der Waals surface area contributed by atoms with Gasteiger partial charge in [0.05, 0.1) is 5.56 Å². The number of halogens is 1. The smallest absolute Gasteiger partial charge is 0.338 e. The van der Waals surface area contributed by atoms with Crippen molar-refractivity contribution in [2.45, 2.75) is 31.4 Å². The van der Waals surface area contributed by atoms with Crippen LogP contribution in [0, 0.1) is 5.41 Å². The normalized spacial score (nSPS) is 11.2. The molecule has 0 heterocycles. The summed E-state index contributed by atoms with van der Waals surface area (Å²) in [5.41, 5.74) is 1.03. The highest BCUT2D eigenvalue weighted by Crippen LogP contribution is 2.24. The molecule has 0 bridgehead atoms. The zero-order chi connectivity index (χ0) is 18.4. The largest absolute Gasteiger partial charge is 0.454 e. The van der Waals surface area contributed by atoms with E-state index in [9.17, 15) is 9.59 Å². The zero-order valence-electron chi connectivity index (χ0n) is 14.5. The van der Waals surface area contributed by atoms with E-state index in [2.05, 4.69) is 0 Å². The van der Waals surface area contributed by atoms with Gasteiger partial charge in [0, 0.05) is 21.1 Å². The fourth-order valence-corrected chi connectivity index (χ4v) is 2.85. The monoisotopic (exact) mass is 376 g/mol. The van der Waals surface area contributed by atoms with Gasteiger partial charge < -0.3 is 4.74 Å². The van der Waals surface area contributed by atoms with Crippen molar-refractivity contribution in [3.63, 3.8) is 0 Å². The molecule has 0 spiro atoms. The molecule has 2 rings (SSSR count). The SMILES string of the molecule is CC(C)(C)C(=O)COC(=O)c1ccc(CSc2ccc(Cl)cc2)cc1. The first-order valence-corrected chi connectivity index (χ1v) is 9.30. The van der Waals surface area contributed by atoms with Crippen LogP contribution in [0.1, 0.15) is 36.7 Å². The van der Waals surface area contributed by atoms with Gasteiger partial charge in [-0.1, -0.05) is 44.5 Å². The average Bonchev–Trinajstić information content (AvgIpc) is 2.58. The number of carbonyl (C=O) groups excluding carboxylic acids is 2. The van der Waals surface area contributed by atoms with Gasteiger partial charge in [0.15, 0.2) is 12.4 Å². The molecule has 2 aromatic rings. The number of esters is 1. The number of hydrogen-bond acceptors (Lipinski definition) is 4. The first-order valence-electron chi connectivity index (χ1n) is 7.93. The molecule has 0 atom stereocenters. The minimum absolute atomic E-state index is 0.100. The lowest BCUT2D eigenvalue weighted by Crippen LogP contribution is -2.26. The minimum Gasteiger partial charge on any atom is -0.454 e. The molecule has 2 aromatic carbocycles. The molecular formula is C20H21ClO3S. The maximum atomic E-state index is 12.0. The van der Waals surface area contributed by atoms with Crippen LogP contribution >= 0.6 is 23.4 Å². The van der Waals surface area contributed by atoms with Gasteiger partial charge in [-0.3, -0.25) is 4.79 Å². The van der Waals surface area contributed by atoms with Gasteiger partial charge in [-0.25, -0.2) is 4.79 Å². The first kappa shape index (κ1) is 19.5. The van der Waals surface area contributed by atoms with E-state index in [1.165, 1.54) is 0 Å². The summed E-state index contributed by atoms with van der Waals surface area (Å²) in [6.07, 6.45) is 0. The van der Waals surface area contributed by atoms with Gasteiger partial charge in [-0.05, 0) is 42.0 Å². The molecular weight excluding hydrogens is 356 g/mol. The van der Waals surface area contributed by atoms with Gasteiger partial charge in [-0.15, -0.1) is 11.8 Å². The predicted octanol–water partition coefficient (Wildman–Crippen LogP) is 5.40. The maximum Gasteiger partial charge on any atom is 0.338 e. The van der Waals surface area contributed by atoms with Crippen molar-refractivity contribution in [2.24, 2.45) is 5.41 Å². The van der Waals surface area contributed by atoms with Crippen molar-refractivity contribution in [3.8, 4) is 0 Å². The van der Waals surface area contributed by atoms with Crippen molar-refractivity contribution in [3.05, 3.63) is 64.7 Å². The molecule has 0 aliphatic carbocycles. The zero-order valence-corrected chi connectivity index (χ0v) is 16.1. The lowest BCUT2D eigenvalue weighted by molar-refractivity contribution is -0.129. The van der Waals surface area contributed by atoms with Crippen molar-refractivity contribution in [2.75, 3.05) is 6.61 Å². The number of carbonyl (C=O) groups is 2. The molecule has 25 heavy (non-hydrogen) atoms.